The number of nitrogens with zero attached hydrogens (tertiary/aromatic N) is 3. The lowest BCUT2D eigenvalue weighted by Crippen LogP contribution is -2.24. The first-order valence-electron chi connectivity index (χ1n) is 11.0. The number of nitrogen functional groups attached to an aromatic ring is 1. The number of nitrogens with two attached hydrogens (primary N) is 1. The molecule has 2 aromatic heterocycles. The van der Waals surface area contributed by atoms with Crippen molar-refractivity contribution in [3.63, 3.8) is 0 Å². The van der Waals surface area contributed by atoms with Crippen LogP contribution in [0, 0.1) is 5.82 Å². The van der Waals surface area contributed by atoms with Crippen molar-refractivity contribution in [3.8, 4) is 22.8 Å². The molecule has 1 aliphatic rings. The number of anilines is 1. The Morgan fingerprint density at radius 3 is 2.60 bits per heavy atom. The number of Topliss-reactive ketones (excluding diaryl/α,β-unsaturated/α-hetero) is 1. The second-order valence-electron chi connectivity index (χ2n) is 8.30. The van der Waals surface area contributed by atoms with E-state index < -0.39 is 17.0 Å². The highest BCUT2D eigenvalue weighted by atomic mass is 35.5. The number of benzene rings is 2. The molecule has 5 rings (SSSR count). The molecule has 4 aromatic rings. The molecule has 0 radical (unpaired) electrons. The van der Waals surface area contributed by atoms with E-state index in [1.54, 1.807) is 41.2 Å². The van der Waals surface area contributed by atoms with Gasteiger partial charge in [-0.05, 0) is 48.2 Å². The van der Waals surface area contributed by atoms with Crippen LogP contribution >= 0.6 is 11.6 Å². The zero-order valence-electron chi connectivity index (χ0n) is 18.4. The molecule has 0 saturated heterocycles. The lowest BCUT2D eigenvalue weighted by molar-refractivity contribution is 0.0984. The van der Waals surface area contributed by atoms with Gasteiger partial charge in [0.1, 0.15) is 16.6 Å². The molecule has 176 valence electrons. The standard InChI is InChI=1S/C26H20ClFN4O3/c27-24-20(29)2-1-3-22(24)35-23-11-4-15(13-30-23)12-21(33)25-26(34)19(14-32(31-25)18-9-10-18)16-5-7-17(28)8-6-16/h1-8,11,13-14,18H,9-10,12,29H2. The lowest BCUT2D eigenvalue weighted by Gasteiger charge is -2.11. The molecule has 7 nitrogen and oxygen atoms in total. The van der Waals surface area contributed by atoms with Gasteiger partial charge in [0.2, 0.25) is 11.3 Å². The summed E-state index contributed by atoms with van der Waals surface area (Å²) in [5, 5.41) is 4.62. The molecule has 2 N–H and O–H groups in total. The first-order chi connectivity index (χ1) is 16.9. The van der Waals surface area contributed by atoms with E-state index in [1.165, 1.54) is 30.5 Å². The van der Waals surface area contributed by atoms with Gasteiger partial charge < -0.3 is 10.5 Å². The quantitative estimate of drug-likeness (QED) is 0.281. The van der Waals surface area contributed by atoms with E-state index in [2.05, 4.69) is 10.1 Å². The van der Waals surface area contributed by atoms with Crippen molar-refractivity contribution in [2.75, 3.05) is 5.73 Å². The number of carbonyl (C=O) groups excluding carboxylic acids is 1. The minimum atomic E-state index is -0.484. The first-order valence-corrected chi connectivity index (χ1v) is 11.4. The molecule has 0 atom stereocenters. The van der Waals surface area contributed by atoms with Crippen molar-refractivity contribution < 1.29 is 13.9 Å². The predicted molar refractivity (Wildman–Crippen MR) is 130 cm³/mol. The Labute approximate surface area is 205 Å². The summed E-state index contributed by atoms with van der Waals surface area (Å²) < 4.78 is 20.7. The molecule has 1 fully saturated rings. The van der Waals surface area contributed by atoms with Gasteiger partial charge in [-0.25, -0.2) is 9.37 Å². The molecular weight excluding hydrogens is 471 g/mol. The van der Waals surface area contributed by atoms with E-state index in [0.717, 1.165) is 12.8 Å². The van der Waals surface area contributed by atoms with Crippen LogP contribution < -0.4 is 15.9 Å². The van der Waals surface area contributed by atoms with E-state index in [-0.39, 0.29) is 29.1 Å². The van der Waals surface area contributed by atoms with Crippen LogP contribution in [-0.4, -0.2) is 20.5 Å². The van der Waals surface area contributed by atoms with Crippen LogP contribution in [-0.2, 0) is 6.42 Å². The third-order valence-electron chi connectivity index (χ3n) is 5.65. The fourth-order valence-corrected chi connectivity index (χ4v) is 3.78. The predicted octanol–water partition coefficient (Wildman–Crippen LogP) is 5.23. The number of ketones is 1. The van der Waals surface area contributed by atoms with Gasteiger partial charge >= 0.3 is 0 Å². The van der Waals surface area contributed by atoms with Gasteiger partial charge in [-0.15, -0.1) is 0 Å². The minimum absolute atomic E-state index is 0.0634. The highest BCUT2D eigenvalue weighted by Crippen LogP contribution is 2.35. The molecule has 1 aliphatic carbocycles. The monoisotopic (exact) mass is 490 g/mol. The van der Waals surface area contributed by atoms with Gasteiger partial charge in [0.15, 0.2) is 11.5 Å². The largest absolute Gasteiger partial charge is 0.437 e. The molecule has 0 spiro atoms. The average Bonchev–Trinajstić information content (AvgIpc) is 3.70. The highest BCUT2D eigenvalue weighted by Gasteiger charge is 2.27. The van der Waals surface area contributed by atoms with E-state index >= 15 is 0 Å². The number of rotatable bonds is 7. The van der Waals surface area contributed by atoms with E-state index in [9.17, 15) is 14.0 Å². The van der Waals surface area contributed by atoms with E-state index in [1.807, 2.05) is 0 Å². The fourth-order valence-electron chi connectivity index (χ4n) is 3.62. The van der Waals surface area contributed by atoms with Gasteiger partial charge in [-0.3, -0.25) is 14.3 Å². The number of halogens is 2. The first kappa shape index (κ1) is 22.7. The van der Waals surface area contributed by atoms with Gasteiger partial charge in [0.05, 0.1) is 11.7 Å². The molecule has 35 heavy (non-hydrogen) atoms. The van der Waals surface area contributed by atoms with E-state index in [4.69, 9.17) is 22.1 Å². The Kier molecular flexibility index (Phi) is 6.05. The molecule has 2 aromatic carbocycles. The highest BCUT2D eigenvalue weighted by molar-refractivity contribution is 6.34. The summed E-state index contributed by atoms with van der Waals surface area (Å²) in [5.74, 6) is -0.186. The summed E-state index contributed by atoms with van der Waals surface area (Å²) in [6.07, 6.45) is 4.92. The number of hydrogen-bond acceptors (Lipinski definition) is 6. The summed E-state index contributed by atoms with van der Waals surface area (Å²) in [6, 6.07) is 14.1. The van der Waals surface area contributed by atoms with Crippen molar-refractivity contribution in [2.24, 2.45) is 0 Å². The average molecular weight is 491 g/mol. The Balaban J connectivity index is 1.39. The molecular formula is C26H20ClFN4O3. The van der Waals surface area contributed by atoms with Crippen molar-refractivity contribution in [1.82, 2.24) is 14.8 Å². The Morgan fingerprint density at radius 2 is 1.91 bits per heavy atom. The number of carbonyl (C=O) groups is 1. The van der Waals surface area contributed by atoms with E-state index in [0.29, 0.717) is 28.1 Å². The molecule has 0 bridgehead atoms. The Bertz CT molecular complexity index is 1470. The maximum Gasteiger partial charge on any atom is 0.219 e. The van der Waals surface area contributed by atoms with Crippen LogP contribution in [0.2, 0.25) is 5.02 Å². The molecule has 0 amide bonds. The summed E-state index contributed by atoms with van der Waals surface area (Å²) in [7, 11) is 0. The molecule has 2 heterocycles. The van der Waals surface area contributed by atoms with Crippen molar-refractivity contribution in [3.05, 3.63) is 99.3 Å². The molecule has 9 heteroatoms. The van der Waals surface area contributed by atoms with Crippen molar-refractivity contribution in [2.45, 2.75) is 25.3 Å². The lowest BCUT2D eigenvalue weighted by atomic mass is 10.0. The summed E-state index contributed by atoms with van der Waals surface area (Å²) >= 11 is 6.15. The third kappa shape index (κ3) is 4.93. The van der Waals surface area contributed by atoms with Gasteiger partial charge in [0.25, 0.3) is 0 Å². The second-order valence-corrected chi connectivity index (χ2v) is 8.68. The molecule has 0 unspecified atom stereocenters. The molecule has 1 saturated carbocycles. The minimum Gasteiger partial charge on any atom is -0.437 e. The SMILES string of the molecule is Nc1cccc(Oc2ccc(CC(=O)c3nn(C4CC4)cc(-c4ccc(F)cc4)c3=O)cn2)c1Cl. The summed E-state index contributed by atoms with van der Waals surface area (Å²) in [4.78, 5) is 30.5. The fraction of sp³-hybridized carbons (Fsp3) is 0.154. The maximum atomic E-state index is 13.4. The van der Waals surface area contributed by atoms with Crippen LogP contribution in [0.4, 0.5) is 10.1 Å². The van der Waals surface area contributed by atoms with Gasteiger partial charge in [0, 0.05) is 30.4 Å². The Hall–Kier alpha value is -4.04. The van der Waals surface area contributed by atoms with Crippen LogP contribution in [0.5, 0.6) is 11.6 Å². The summed E-state index contributed by atoms with van der Waals surface area (Å²) in [6.45, 7) is 0. The van der Waals surface area contributed by atoms with Crippen molar-refractivity contribution >= 4 is 23.1 Å². The number of pyridine rings is 1. The maximum absolute atomic E-state index is 13.4. The number of ether oxygens (including phenoxy) is 1. The second kappa shape index (κ2) is 9.31. The Morgan fingerprint density at radius 1 is 1.14 bits per heavy atom. The van der Waals surface area contributed by atoms with Crippen LogP contribution in [0.1, 0.15) is 34.9 Å². The van der Waals surface area contributed by atoms with Gasteiger partial charge in [-0.1, -0.05) is 35.9 Å². The summed E-state index contributed by atoms with van der Waals surface area (Å²) in [5.41, 5.74) is 6.98. The van der Waals surface area contributed by atoms with Crippen molar-refractivity contribution in [1.29, 1.82) is 0 Å². The molecule has 0 aliphatic heterocycles. The van der Waals surface area contributed by atoms with Crippen LogP contribution in [0.15, 0.2) is 71.8 Å². The van der Waals surface area contributed by atoms with Crippen LogP contribution in [0.25, 0.3) is 11.1 Å². The van der Waals surface area contributed by atoms with Gasteiger partial charge in [-0.2, -0.15) is 5.10 Å². The third-order valence-corrected chi connectivity index (χ3v) is 6.05. The zero-order valence-corrected chi connectivity index (χ0v) is 19.2. The smallest absolute Gasteiger partial charge is 0.219 e. The topological polar surface area (TPSA) is 100 Å². The van der Waals surface area contributed by atoms with Crippen LogP contribution in [0.3, 0.4) is 0 Å². The number of aromatic nitrogens is 3. The number of hydrogen-bond donors (Lipinski definition) is 1. The zero-order chi connectivity index (χ0) is 24.5. The normalized spacial score (nSPS) is 13.0.